The minimum atomic E-state index is -4.21. The van der Waals surface area contributed by atoms with Gasteiger partial charge in [0.05, 0.1) is 0 Å². The second kappa shape index (κ2) is 4.66. The number of halogens is 4. The molecule has 0 saturated heterocycles. The van der Waals surface area contributed by atoms with Crippen LogP contribution in [0.3, 0.4) is 0 Å². The van der Waals surface area contributed by atoms with Crippen LogP contribution in [0, 0.1) is 0 Å². The molecule has 0 radical (unpaired) electrons. The maximum atomic E-state index is 12.0. The molecule has 0 aliphatic heterocycles. The van der Waals surface area contributed by atoms with E-state index >= 15 is 0 Å². The molecule has 0 spiro atoms. The van der Waals surface area contributed by atoms with Crippen molar-refractivity contribution in [1.82, 2.24) is 0 Å². The molecule has 0 atom stereocenters. The number of hydrogen-bond donors (Lipinski definition) is 0. The molecule has 0 nitrogen and oxygen atoms in total. The molecule has 0 N–H and O–H groups in total. The van der Waals surface area contributed by atoms with Crippen LogP contribution in [0.4, 0.5) is 13.2 Å². The second-order valence-electron chi connectivity index (χ2n) is 2.20. The van der Waals surface area contributed by atoms with Crippen molar-refractivity contribution in [2.75, 3.05) is 0 Å². The van der Waals surface area contributed by atoms with Gasteiger partial charge in [0.25, 0.3) is 0 Å². The molecule has 12 heavy (non-hydrogen) atoms. The fourth-order valence-electron chi connectivity index (χ4n) is 0.748. The average Bonchev–Trinajstić information content (AvgIpc) is 1.86. The predicted molar refractivity (Wildman–Crippen MR) is 36.8 cm³/mol. The number of hydrogen-bond acceptors (Lipinski definition) is 0. The first-order valence-corrected chi connectivity index (χ1v) is 3.70. The molecule has 0 bridgehead atoms. The molecule has 0 amide bonds. The summed E-state index contributed by atoms with van der Waals surface area (Å²) in [7, 11) is 0. The van der Waals surface area contributed by atoms with Crippen molar-refractivity contribution < 1.29 is 37.1 Å². The van der Waals surface area contributed by atoms with Crippen LogP contribution in [-0.4, -0.2) is 21.7 Å². The Morgan fingerprint density at radius 3 is 2.08 bits per heavy atom. The van der Waals surface area contributed by atoms with Gasteiger partial charge in [-0.05, 0) is 0 Å². The summed E-state index contributed by atoms with van der Waals surface area (Å²) >= 11 is 1.44. The Hall–Kier alpha value is 0.506. The van der Waals surface area contributed by atoms with Crippen molar-refractivity contribution in [2.45, 2.75) is 6.18 Å². The number of alkyl halides is 3. The minimum Gasteiger partial charge on any atom is -1.00 e. The standard InChI is InChI=1S/C7H4F3.HI.Mg/c8-7(9,10)6-4-2-1-3-5-6;;/h1-2,4-5H;1H;/q;;+1/p-1. The molecule has 0 unspecified atom stereocenters. The zero-order valence-electron chi connectivity index (χ0n) is 6.03. The summed E-state index contributed by atoms with van der Waals surface area (Å²) in [6.07, 6.45) is -4.21. The van der Waals surface area contributed by atoms with Gasteiger partial charge in [0.1, 0.15) is 0 Å². The monoisotopic (exact) mass is 296 g/mol. The van der Waals surface area contributed by atoms with Crippen molar-refractivity contribution in [2.24, 2.45) is 0 Å². The van der Waals surface area contributed by atoms with Crippen molar-refractivity contribution in [3.63, 3.8) is 0 Å². The Bertz CT molecular complexity index is 259. The van der Waals surface area contributed by atoms with E-state index in [1.165, 1.54) is 27.8 Å². The van der Waals surface area contributed by atoms with E-state index in [9.17, 15) is 13.2 Å². The normalized spacial score (nSPS) is 10.8. The number of rotatable bonds is 0. The van der Waals surface area contributed by atoms with Gasteiger partial charge in [-0.1, -0.05) is 0 Å². The van der Waals surface area contributed by atoms with E-state index in [1.54, 1.807) is 6.07 Å². The summed E-state index contributed by atoms with van der Waals surface area (Å²) in [6, 6.07) is 5.26. The SMILES string of the molecule is FC(F)(F)c1ccc[c]([Mg+])c1.[I-]. The third kappa shape index (κ3) is 3.48. The minimum absolute atomic E-state index is 0. The Morgan fingerprint density at radius 2 is 1.75 bits per heavy atom. The summed E-state index contributed by atoms with van der Waals surface area (Å²) in [5.41, 5.74) is -0.579. The van der Waals surface area contributed by atoms with Crippen LogP contribution >= 0.6 is 0 Å². The third-order valence-electron chi connectivity index (χ3n) is 1.25. The quantitative estimate of drug-likeness (QED) is 0.404. The van der Waals surface area contributed by atoms with E-state index in [0.717, 1.165) is 12.1 Å². The van der Waals surface area contributed by atoms with E-state index in [-0.39, 0.29) is 24.0 Å². The van der Waals surface area contributed by atoms with E-state index in [0.29, 0.717) is 3.69 Å². The molecule has 0 heterocycles. The van der Waals surface area contributed by atoms with Crippen LogP contribution in [-0.2, 0) is 6.18 Å². The van der Waals surface area contributed by atoms with Crippen molar-refractivity contribution in [1.29, 1.82) is 0 Å². The first-order valence-electron chi connectivity index (χ1n) is 2.99. The van der Waals surface area contributed by atoms with Crippen LogP contribution in [0.25, 0.3) is 0 Å². The van der Waals surface area contributed by atoms with E-state index < -0.39 is 11.7 Å². The van der Waals surface area contributed by atoms with Crippen LogP contribution in [0.5, 0.6) is 0 Å². The van der Waals surface area contributed by atoms with Crippen LogP contribution < -0.4 is 27.7 Å². The fraction of sp³-hybridized carbons (Fsp3) is 0.143. The maximum absolute atomic E-state index is 12.0. The third-order valence-corrected chi connectivity index (χ3v) is 1.69. The zero-order valence-corrected chi connectivity index (χ0v) is 9.60. The summed E-state index contributed by atoms with van der Waals surface area (Å²) in [6.45, 7) is 0. The Kier molecular flexibility index (Phi) is 4.86. The van der Waals surface area contributed by atoms with Gasteiger partial charge < -0.3 is 24.0 Å². The summed E-state index contributed by atoms with van der Waals surface area (Å²) in [5.74, 6) is 0. The van der Waals surface area contributed by atoms with Gasteiger partial charge in [-0.15, -0.1) is 0 Å². The molecule has 1 rings (SSSR count). The molecule has 0 aromatic heterocycles. The number of benzene rings is 1. The summed E-state index contributed by atoms with van der Waals surface area (Å²) < 4.78 is 36.6. The van der Waals surface area contributed by atoms with Crippen LogP contribution in [0.1, 0.15) is 5.56 Å². The first-order chi connectivity index (χ1) is 5.00. The summed E-state index contributed by atoms with van der Waals surface area (Å²) in [5, 5.41) is 0. The van der Waals surface area contributed by atoms with E-state index in [2.05, 4.69) is 0 Å². The topological polar surface area (TPSA) is 0 Å². The predicted octanol–water partition coefficient (Wildman–Crippen LogP) is -1.50. The second-order valence-corrected chi connectivity index (χ2v) is 3.01. The maximum Gasteiger partial charge on any atom is -1.00 e. The van der Waals surface area contributed by atoms with Gasteiger partial charge >= 0.3 is 74.6 Å². The van der Waals surface area contributed by atoms with Gasteiger partial charge in [-0.2, -0.15) is 0 Å². The van der Waals surface area contributed by atoms with Gasteiger partial charge in [0.2, 0.25) is 0 Å². The smallest absolute Gasteiger partial charge is 1.00 e. The molecule has 62 valence electrons. The molecule has 0 fully saturated rings. The van der Waals surface area contributed by atoms with Crippen LogP contribution in [0.2, 0.25) is 0 Å². The Balaban J connectivity index is 0.00000121. The summed E-state index contributed by atoms with van der Waals surface area (Å²) in [4.78, 5) is 0. The Labute approximate surface area is 98.0 Å². The van der Waals surface area contributed by atoms with Crippen LogP contribution in [0.15, 0.2) is 24.3 Å². The van der Waals surface area contributed by atoms with E-state index in [1.807, 2.05) is 0 Å². The molecular formula is C7H4F3IMg. The zero-order chi connectivity index (χ0) is 8.48. The first kappa shape index (κ1) is 12.5. The molecule has 5 heteroatoms. The van der Waals surface area contributed by atoms with Gasteiger partial charge in [0, 0.05) is 0 Å². The molecule has 0 saturated carbocycles. The van der Waals surface area contributed by atoms with Gasteiger partial charge in [-0.3, -0.25) is 0 Å². The van der Waals surface area contributed by atoms with Crippen molar-refractivity contribution in [3.05, 3.63) is 29.8 Å². The van der Waals surface area contributed by atoms with Gasteiger partial charge in [-0.25, -0.2) is 0 Å². The average molecular weight is 296 g/mol. The van der Waals surface area contributed by atoms with Gasteiger partial charge in [0.15, 0.2) is 0 Å². The molecule has 1 aromatic carbocycles. The Morgan fingerprint density at radius 1 is 1.17 bits per heavy atom. The molecule has 0 aliphatic rings. The molecule has 1 aromatic rings. The van der Waals surface area contributed by atoms with Crippen molar-refractivity contribution in [3.8, 4) is 0 Å². The molecule has 0 aliphatic carbocycles. The fourth-order valence-corrected chi connectivity index (χ4v) is 1.10. The van der Waals surface area contributed by atoms with E-state index in [4.69, 9.17) is 0 Å². The largest absolute Gasteiger partial charge is 1.00 e. The molecular weight excluding hydrogens is 292 g/mol. The van der Waals surface area contributed by atoms with Crippen molar-refractivity contribution >= 4 is 25.4 Å².